The minimum Gasteiger partial charge on any atom is -0.396 e. The summed E-state index contributed by atoms with van der Waals surface area (Å²) in [4.78, 5) is 26.3. The van der Waals surface area contributed by atoms with Crippen molar-refractivity contribution in [2.75, 3.05) is 6.61 Å². The van der Waals surface area contributed by atoms with Gasteiger partial charge in [0.1, 0.15) is 0 Å². The van der Waals surface area contributed by atoms with Crippen molar-refractivity contribution in [3.8, 4) is 0 Å². The molecule has 100 valence electrons. The van der Waals surface area contributed by atoms with Gasteiger partial charge in [-0.2, -0.15) is 0 Å². The topological polar surface area (TPSA) is 57.6 Å². The zero-order valence-electron chi connectivity index (χ0n) is 11.1. The summed E-state index contributed by atoms with van der Waals surface area (Å²) in [5.41, 5.74) is -0.541. The molecule has 0 aromatic heterocycles. The van der Waals surface area contributed by atoms with E-state index in [0.717, 1.165) is 0 Å². The van der Waals surface area contributed by atoms with Gasteiger partial charge in [-0.15, -0.1) is 0 Å². The summed E-state index contributed by atoms with van der Waals surface area (Å²) in [6, 6.07) is 0. The van der Waals surface area contributed by atoms with Crippen molar-refractivity contribution < 1.29 is 14.7 Å². The van der Waals surface area contributed by atoms with Gasteiger partial charge in [0, 0.05) is 12.1 Å². The lowest BCUT2D eigenvalue weighted by Gasteiger charge is -2.36. The van der Waals surface area contributed by atoms with E-state index in [1.165, 1.54) is 4.90 Å². The van der Waals surface area contributed by atoms with Gasteiger partial charge in [0.25, 0.3) is 0 Å². The first-order valence-electron chi connectivity index (χ1n) is 6.69. The maximum Gasteiger partial charge on any atom is 0.233 e. The van der Waals surface area contributed by atoms with Gasteiger partial charge in [-0.1, -0.05) is 19.1 Å². The van der Waals surface area contributed by atoms with Gasteiger partial charge in [-0.05, 0) is 32.6 Å². The van der Waals surface area contributed by atoms with Gasteiger partial charge in [0.2, 0.25) is 11.8 Å². The molecule has 0 radical (unpaired) electrons. The summed E-state index contributed by atoms with van der Waals surface area (Å²) >= 11 is 0. The van der Waals surface area contributed by atoms with Gasteiger partial charge in [-0.3, -0.25) is 14.5 Å². The molecule has 1 aliphatic heterocycles. The Hall–Kier alpha value is -1.16. The third-order valence-corrected chi connectivity index (χ3v) is 4.46. The van der Waals surface area contributed by atoms with E-state index in [4.69, 9.17) is 5.11 Å². The van der Waals surface area contributed by atoms with Crippen LogP contribution in [0.1, 0.15) is 39.5 Å². The molecule has 18 heavy (non-hydrogen) atoms. The highest BCUT2D eigenvalue weighted by molar-refractivity contribution is 6.06. The average molecular weight is 251 g/mol. The quantitative estimate of drug-likeness (QED) is 0.608. The first-order valence-corrected chi connectivity index (χ1v) is 6.69. The molecule has 4 nitrogen and oxygen atoms in total. The van der Waals surface area contributed by atoms with Crippen LogP contribution in [0, 0.1) is 11.8 Å². The molecular formula is C14H21NO3. The lowest BCUT2D eigenvalue weighted by atomic mass is 9.85. The number of allylic oxidation sites excluding steroid dienone is 2. The molecule has 2 rings (SSSR count). The summed E-state index contributed by atoms with van der Waals surface area (Å²) in [5.74, 6) is -0.446. The second-order valence-electron chi connectivity index (χ2n) is 5.49. The summed E-state index contributed by atoms with van der Waals surface area (Å²) in [7, 11) is 0. The van der Waals surface area contributed by atoms with Crippen molar-refractivity contribution in [3.63, 3.8) is 0 Å². The number of nitrogens with zero attached hydrogens (tertiary/aromatic N) is 1. The van der Waals surface area contributed by atoms with E-state index in [-0.39, 0.29) is 30.3 Å². The third-order valence-electron chi connectivity index (χ3n) is 4.46. The third kappa shape index (κ3) is 1.88. The van der Waals surface area contributed by atoms with Gasteiger partial charge in [0.15, 0.2) is 0 Å². The Labute approximate surface area is 108 Å². The van der Waals surface area contributed by atoms with Crippen LogP contribution in [0.25, 0.3) is 0 Å². The van der Waals surface area contributed by atoms with E-state index in [2.05, 4.69) is 0 Å². The number of likely N-dealkylation sites (tertiary alicyclic amines) is 1. The normalized spacial score (nSPS) is 30.5. The Morgan fingerprint density at radius 3 is 2.17 bits per heavy atom. The summed E-state index contributed by atoms with van der Waals surface area (Å²) in [6.07, 6.45) is 6.46. The van der Waals surface area contributed by atoms with Crippen molar-refractivity contribution in [1.82, 2.24) is 4.90 Å². The number of carbonyl (C=O) groups is 2. The Morgan fingerprint density at radius 2 is 1.78 bits per heavy atom. The molecule has 4 heteroatoms. The number of imide groups is 1. The molecule has 0 saturated carbocycles. The van der Waals surface area contributed by atoms with E-state index >= 15 is 0 Å². The molecule has 1 heterocycles. The van der Waals surface area contributed by atoms with Crippen LogP contribution in [0.2, 0.25) is 0 Å². The van der Waals surface area contributed by atoms with Crippen LogP contribution >= 0.6 is 0 Å². The molecule has 1 aliphatic carbocycles. The SMILES string of the molecule is CCC(C)(CCO)N1C(=O)[C@H]2CC=CC[C@H]2C1=O. The highest BCUT2D eigenvalue weighted by Crippen LogP contribution is 2.40. The number of hydrogen-bond donors (Lipinski definition) is 1. The number of fused-ring (bicyclic) bond motifs is 1. The monoisotopic (exact) mass is 251 g/mol. The highest BCUT2D eigenvalue weighted by atomic mass is 16.3. The summed E-state index contributed by atoms with van der Waals surface area (Å²) in [5, 5.41) is 9.16. The Balaban J connectivity index is 2.29. The highest BCUT2D eigenvalue weighted by Gasteiger charge is 2.52. The predicted octanol–water partition coefficient (Wildman–Crippen LogP) is 1.49. The van der Waals surface area contributed by atoms with Gasteiger partial charge in [0.05, 0.1) is 11.8 Å². The molecule has 2 amide bonds. The number of rotatable bonds is 4. The van der Waals surface area contributed by atoms with E-state index < -0.39 is 5.54 Å². The average Bonchev–Trinajstić information content (AvgIpc) is 2.63. The van der Waals surface area contributed by atoms with Crippen LogP contribution < -0.4 is 0 Å². The fourth-order valence-corrected chi connectivity index (χ4v) is 3.02. The zero-order chi connectivity index (χ0) is 13.3. The molecular weight excluding hydrogens is 230 g/mol. The van der Waals surface area contributed by atoms with Crippen LogP contribution in [0.4, 0.5) is 0 Å². The predicted molar refractivity (Wildman–Crippen MR) is 67.6 cm³/mol. The van der Waals surface area contributed by atoms with E-state index in [1.54, 1.807) is 0 Å². The molecule has 2 aliphatic rings. The lowest BCUT2D eigenvalue weighted by Crippen LogP contribution is -2.50. The van der Waals surface area contributed by atoms with E-state index in [1.807, 2.05) is 26.0 Å². The Morgan fingerprint density at radius 1 is 1.28 bits per heavy atom. The second-order valence-corrected chi connectivity index (χ2v) is 5.49. The summed E-state index contributed by atoms with van der Waals surface area (Å²) in [6.45, 7) is 3.84. The maximum absolute atomic E-state index is 12.4. The Kier molecular flexibility index (Phi) is 3.57. The van der Waals surface area contributed by atoms with Crippen LogP contribution in [0.5, 0.6) is 0 Å². The van der Waals surface area contributed by atoms with Gasteiger partial charge < -0.3 is 5.11 Å². The number of amides is 2. The largest absolute Gasteiger partial charge is 0.396 e. The van der Waals surface area contributed by atoms with Crippen molar-refractivity contribution in [2.45, 2.75) is 45.1 Å². The Bertz CT molecular complexity index is 365. The maximum atomic E-state index is 12.4. The molecule has 0 bridgehead atoms. The molecule has 3 atom stereocenters. The number of aliphatic hydroxyl groups is 1. The molecule has 1 unspecified atom stereocenters. The first-order chi connectivity index (χ1) is 8.55. The van der Waals surface area contributed by atoms with Crippen LogP contribution in [-0.4, -0.2) is 34.0 Å². The summed E-state index contributed by atoms with van der Waals surface area (Å²) < 4.78 is 0. The van der Waals surface area contributed by atoms with Crippen molar-refractivity contribution in [3.05, 3.63) is 12.2 Å². The molecule has 0 spiro atoms. The number of aliphatic hydroxyl groups excluding tert-OH is 1. The van der Waals surface area contributed by atoms with Crippen molar-refractivity contribution in [1.29, 1.82) is 0 Å². The smallest absolute Gasteiger partial charge is 0.233 e. The fraction of sp³-hybridized carbons (Fsp3) is 0.714. The number of carbonyl (C=O) groups excluding carboxylic acids is 2. The lowest BCUT2D eigenvalue weighted by molar-refractivity contribution is -0.147. The van der Waals surface area contributed by atoms with Crippen LogP contribution in [-0.2, 0) is 9.59 Å². The van der Waals surface area contributed by atoms with Gasteiger partial charge in [-0.25, -0.2) is 0 Å². The van der Waals surface area contributed by atoms with E-state index in [0.29, 0.717) is 25.7 Å². The second kappa shape index (κ2) is 4.84. The van der Waals surface area contributed by atoms with Crippen molar-refractivity contribution in [2.24, 2.45) is 11.8 Å². The first kappa shape index (κ1) is 13.3. The molecule has 1 N–H and O–H groups in total. The molecule has 1 fully saturated rings. The van der Waals surface area contributed by atoms with Crippen LogP contribution in [0.15, 0.2) is 12.2 Å². The zero-order valence-corrected chi connectivity index (χ0v) is 11.1. The fourth-order valence-electron chi connectivity index (χ4n) is 3.02. The minimum absolute atomic E-state index is 0.00498. The molecule has 0 aromatic carbocycles. The standard InChI is InChI=1S/C14H21NO3/c1-3-14(2,8-9-16)15-12(17)10-6-4-5-7-11(10)13(15)18/h4-5,10-11,16H,3,6-9H2,1-2H3/t10-,11+,14?. The van der Waals surface area contributed by atoms with Crippen molar-refractivity contribution >= 4 is 11.8 Å². The van der Waals surface area contributed by atoms with Crippen LogP contribution in [0.3, 0.4) is 0 Å². The number of hydrogen-bond acceptors (Lipinski definition) is 3. The van der Waals surface area contributed by atoms with Gasteiger partial charge >= 0.3 is 0 Å². The minimum atomic E-state index is -0.541. The molecule has 0 aromatic rings. The van der Waals surface area contributed by atoms with E-state index in [9.17, 15) is 9.59 Å². The molecule has 1 saturated heterocycles.